The largest absolute Gasteiger partial charge is 0.491 e. The molecule has 0 saturated heterocycles. The van der Waals surface area contributed by atoms with Crippen LogP contribution in [0.3, 0.4) is 0 Å². The molecule has 0 radical (unpaired) electrons. The predicted octanol–water partition coefficient (Wildman–Crippen LogP) is 6.15. The first-order valence-electron chi connectivity index (χ1n) is 10.7. The summed E-state index contributed by atoms with van der Waals surface area (Å²) in [6, 6.07) is 25.0. The van der Waals surface area contributed by atoms with Gasteiger partial charge in [-0.2, -0.15) is 0 Å². The van der Waals surface area contributed by atoms with Crippen LogP contribution in [0.4, 0.5) is 16.2 Å². The summed E-state index contributed by atoms with van der Waals surface area (Å²) >= 11 is 9.87. The monoisotopic (exact) mass is 478 g/mol. The van der Waals surface area contributed by atoms with Crippen LogP contribution in [0.5, 0.6) is 5.75 Å². The number of nitrogens with one attached hydrogen (secondary N) is 3. The summed E-state index contributed by atoms with van der Waals surface area (Å²) in [6.07, 6.45) is 2.82. The highest BCUT2D eigenvalue weighted by Gasteiger charge is 2.07. The van der Waals surface area contributed by atoms with Crippen molar-refractivity contribution in [1.29, 1.82) is 0 Å². The molecule has 0 bridgehead atoms. The predicted molar refractivity (Wildman–Crippen MR) is 141 cm³/mol. The van der Waals surface area contributed by atoms with Crippen LogP contribution in [-0.2, 0) is 12.4 Å². The van der Waals surface area contributed by atoms with Gasteiger partial charge >= 0.3 is 6.03 Å². The topological polar surface area (TPSA) is 74.8 Å². The molecule has 0 unspecified atom stereocenters. The zero-order valence-electron chi connectivity index (χ0n) is 18.1. The Kier molecular flexibility index (Phi) is 9.75. The highest BCUT2D eigenvalue weighted by Crippen LogP contribution is 2.27. The van der Waals surface area contributed by atoms with E-state index < -0.39 is 6.03 Å². The number of carbonyl (C=O) groups excluding carboxylic acids is 1. The van der Waals surface area contributed by atoms with Crippen molar-refractivity contribution in [3.63, 3.8) is 0 Å². The van der Waals surface area contributed by atoms with Gasteiger partial charge in [-0.25, -0.2) is 4.79 Å². The van der Waals surface area contributed by atoms with Gasteiger partial charge in [0.05, 0.1) is 12.3 Å². The Hall–Kier alpha value is -3.36. The van der Waals surface area contributed by atoms with E-state index in [9.17, 15) is 4.79 Å². The van der Waals surface area contributed by atoms with Crippen molar-refractivity contribution in [2.75, 3.05) is 23.8 Å². The average Bonchev–Trinajstić information content (AvgIpc) is 2.85. The van der Waals surface area contributed by atoms with Gasteiger partial charge in [0.25, 0.3) is 0 Å². The molecule has 0 spiro atoms. The van der Waals surface area contributed by atoms with E-state index in [0.717, 1.165) is 42.6 Å². The normalized spacial score (nSPS) is 10.2. The molecule has 8 heteroatoms. The molecule has 3 rings (SSSR count). The maximum atomic E-state index is 11.4. The molecule has 3 aromatic rings. The number of unbranched alkanes of at least 4 members (excludes halogenated alkanes) is 2. The SMILES string of the molecule is O=C(N=S)Nc1ccccc1OCCCCCNC(=S)Nc1ccccc1-c1ccccc1. The number of carbonyl (C=O) groups is 1. The molecule has 170 valence electrons. The molecule has 0 heterocycles. The van der Waals surface area contributed by atoms with Gasteiger partial charge in [0.2, 0.25) is 0 Å². The van der Waals surface area contributed by atoms with Gasteiger partial charge in [-0.1, -0.05) is 60.7 Å². The highest BCUT2D eigenvalue weighted by atomic mass is 32.1. The molecular weight excluding hydrogens is 452 g/mol. The molecule has 0 atom stereocenters. The molecule has 0 aliphatic heterocycles. The lowest BCUT2D eigenvalue weighted by Gasteiger charge is -2.14. The molecule has 0 aliphatic carbocycles. The fourth-order valence-corrected chi connectivity index (χ4v) is 3.51. The van der Waals surface area contributed by atoms with E-state index in [-0.39, 0.29) is 0 Å². The number of thiocarbonyl (C=S) groups is 1. The maximum absolute atomic E-state index is 11.4. The van der Waals surface area contributed by atoms with Crippen LogP contribution in [0.15, 0.2) is 83.2 Å². The summed E-state index contributed by atoms with van der Waals surface area (Å²) in [7, 11) is 0. The number of benzene rings is 3. The third-order valence-corrected chi connectivity index (χ3v) is 5.25. The molecule has 3 aromatic carbocycles. The van der Waals surface area contributed by atoms with Gasteiger partial charge in [0, 0.05) is 30.2 Å². The molecule has 3 N–H and O–H groups in total. The fourth-order valence-electron chi connectivity index (χ4n) is 3.25. The van der Waals surface area contributed by atoms with Crippen molar-refractivity contribution in [3.8, 4) is 16.9 Å². The quantitative estimate of drug-likeness (QED) is 0.240. The Morgan fingerprint density at radius 3 is 2.30 bits per heavy atom. The Bertz CT molecular complexity index is 1080. The average molecular weight is 479 g/mol. The van der Waals surface area contributed by atoms with E-state index in [4.69, 9.17) is 17.0 Å². The van der Waals surface area contributed by atoms with Crippen LogP contribution in [-0.4, -0.2) is 24.3 Å². The smallest absolute Gasteiger partial charge is 0.356 e. The van der Waals surface area contributed by atoms with Crippen LogP contribution < -0.4 is 20.7 Å². The molecule has 2 amide bonds. The first kappa shape index (κ1) is 24.3. The number of ether oxygens (including phenoxy) is 1. The van der Waals surface area contributed by atoms with Crippen molar-refractivity contribution < 1.29 is 9.53 Å². The van der Waals surface area contributed by atoms with Crippen LogP contribution in [0.25, 0.3) is 11.1 Å². The Morgan fingerprint density at radius 2 is 1.52 bits per heavy atom. The fraction of sp³-hybridized carbons (Fsp3) is 0.200. The summed E-state index contributed by atoms with van der Waals surface area (Å²) in [5, 5.41) is 9.78. The number of nitrogens with zero attached hydrogens (tertiary/aromatic N) is 1. The van der Waals surface area contributed by atoms with Crippen LogP contribution in [0.1, 0.15) is 19.3 Å². The lowest BCUT2D eigenvalue weighted by atomic mass is 10.0. The van der Waals surface area contributed by atoms with E-state index in [0.29, 0.717) is 23.2 Å². The highest BCUT2D eigenvalue weighted by molar-refractivity contribution is 7.80. The van der Waals surface area contributed by atoms with Gasteiger partial charge in [-0.05, 0) is 55.2 Å². The molecule has 0 fully saturated rings. The zero-order chi connectivity index (χ0) is 23.3. The number of amides is 2. The van der Waals surface area contributed by atoms with E-state index in [2.05, 4.69) is 50.9 Å². The maximum Gasteiger partial charge on any atom is 0.356 e. The second-order valence-corrected chi connectivity index (χ2v) is 7.81. The van der Waals surface area contributed by atoms with E-state index >= 15 is 0 Å². The molecule has 6 nitrogen and oxygen atoms in total. The first-order valence-corrected chi connectivity index (χ1v) is 11.5. The van der Waals surface area contributed by atoms with E-state index in [1.54, 1.807) is 12.1 Å². The third kappa shape index (κ3) is 7.93. The minimum atomic E-state index is -0.580. The third-order valence-electron chi connectivity index (χ3n) is 4.84. The second-order valence-electron chi connectivity index (χ2n) is 7.22. The summed E-state index contributed by atoms with van der Waals surface area (Å²) in [5.74, 6) is 0.602. The van der Waals surface area contributed by atoms with Crippen molar-refractivity contribution in [1.82, 2.24) is 5.32 Å². The Morgan fingerprint density at radius 1 is 0.818 bits per heavy atom. The van der Waals surface area contributed by atoms with Crippen LogP contribution in [0.2, 0.25) is 0 Å². The lowest BCUT2D eigenvalue weighted by Crippen LogP contribution is -2.29. The number of urea groups is 1. The van der Waals surface area contributed by atoms with Gasteiger partial charge in [-0.3, -0.25) is 0 Å². The minimum absolute atomic E-state index is 0.547. The summed E-state index contributed by atoms with van der Waals surface area (Å²) in [5.41, 5.74) is 3.79. The summed E-state index contributed by atoms with van der Waals surface area (Å²) in [6.45, 7) is 1.32. The zero-order valence-corrected chi connectivity index (χ0v) is 19.8. The van der Waals surface area contributed by atoms with Crippen molar-refractivity contribution in [2.24, 2.45) is 4.36 Å². The number of hydrogen-bond acceptors (Lipinski definition) is 4. The minimum Gasteiger partial charge on any atom is -0.491 e. The van der Waals surface area contributed by atoms with E-state index in [1.165, 1.54) is 0 Å². The Balaban J connectivity index is 1.36. The van der Waals surface area contributed by atoms with Crippen LogP contribution >= 0.6 is 12.2 Å². The van der Waals surface area contributed by atoms with Gasteiger partial charge in [-0.15, -0.1) is 4.36 Å². The number of para-hydroxylation sites is 3. The van der Waals surface area contributed by atoms with Gasteiger partial charge in [0.1, 0.15) is 5.75 Å². The molecule has 33 heavy (non-hydrogen) atoms. The van der Waals surface area contributed by atoms with Gasteiger partial charge < -0.3 is 20.7 Å². The molecular formula is C25H26N4O2S2. The molecule has 0 aliphatic rings. The summed E-state index contributed by atoms with van der Waals surface area (Å²) in [4.78, 5) is 11.4. The van der Waals surface area contributed by atoms with Crippen molar-refractivity contribution in [2.45, 2.75) is 19.3 Å². The Labute approximate surface area is 204 Å². The standard InChI is InChI=1S/C25H26N4O2S2/c30-24(29-33)27-22-15-7-8-16-23(22)31-18-10-2-9-17-26-25(32)28-21-14-6-5-13-20(21)19-11-3-1-4-12-19/h1,3-8,11-16H,2,9-10,17-18H2,(H,27,30)(H2,26,28,32). The van der Waals surface area contributed by atoms with Crippen molar-refractivity contribution in [3.05, 3.63) is 78.9 Å². The lowest BCUT2D eigenvalue weighted by molar-refractivity contribution is 0.259. The van der Waals surface area contributed by atoms with Crippen LogP contribution in [0, 0.1) is 0 Å². The van der Waals surface area contributed by atoms with Crippen molar-refractivity contribution >= 4 is 47.2 Å². The second kappa shape index (κ2) is 13.2. The molecule has 0 aromatic heterocycles. The number of rotatable bonds is 10. The molecule has 0 saturated carbocycles. The summed E-state index contributed by atoms with van der Waals surface area (Å²) < 4.78 is 8.97. The first-order chi connectivity index (χ1) is 16.2. The van der Waals surface area contributed by atoms with E-state index in [1.807, 2.05) is 48.5 Å². The number of anilines is 2. The number of hydrogen-bond donors (Lipinski definition) is 3. The van der Waals surface area contributed by atoms with Gasteiger partial charge in [0.15, 0.2) is 5.11 Å².